The Morgan fingerprint density at radius 3 is 1.53 bits per heavy atom. The third-order valence-electron chi connectivity index (χ3n) is 7.17. The summed E-state index contributed by atoms with van der Waals surface area (Å²) in [6, 6.07) is 15.9. The normalized spacial score (nSPS) is 15.2. The standard InChI is InChI=1S/C29H24N2O3/c32-19-9-7-17-3-1-5-21(25(17)15-19)23-11-13-30-27(23)29(34)28-24(12-14-31-28)22-6-2-4-18-8-10-20(33)16-26(18)22/h1-6,11-14,30-31H,7-10,15-16H2. The number of nitrogens with one attached hydrogen (secondary N) is 2. The number of carbonyl (C=O) groups excluding carboxylic acids is 3. The molecule has 2 aromatic heterocycles. The average molecular weight is 449 g/mol. The largest absolute Gasteiger partial charge is 0.358 e. The number of aryl methyl sites for hydroxylation is 2. The van der Waals surface area contributed by atoms with E-state index in [1.807, 2.05) is 36.4 Å². The van der Waals surface area contributed by atoms with Crippen molar-refractivity contribution in [2.45, 2.75) is 38.5 Å². The molecule has 2 heterocycles. The van der Waals surface area contributed by atoms with Crippen LogP contribution in [-0.4, -0.2) is 27.3 Å². The highest BCUT2D eigenvalue weighted by molar-refractivity contribution is 6.14. The van der Waals surface area contributed by atoms with E-state index in [1.165, 1.54) is 11.1 Å². The van der Waals surface area contributed by atoms with Crippen LogP contribution in [0.3, 0.4) is 0 Å². The van der Waals surface area contributed by atoms with E-state index in [9.17, 15) is 14.4 Å². The number of aromatic nitrogens is 2. The lowest BCUT2D eigenvalue weighted by Gasteiger charge is -2.19. The van der Waals surface area contributed by atoms with Crippen LogP contribution >= 0.6 is 0 Å². The van der Waals surface area contributed by atoms with E-state index in [1.54, 1.807) is 12.4 Å². The third kappa shape index (κ3) is 3.36. The molecule has 2 aliphatic rings. The molecule has 2 aliphatic carbocycles. The number of H-pyrrole nitrogens is 2. The molecule has 0 bridgehead atoms. The van der Waals surface area contributed by atoms with Crippen molar-refractivity contribution >= 4 is 17.3 Å². The Bertz CT molecular complexity index is 1360. The Labute approximate surface area is 197 Å². The summed E-state index contributed by atoms with van der Waals surface area (Å²) in [5.74, 6) is 0.330. The highest BCUT2D eigenvalue weighted by Gasteiger charge is 2.26. The second-order valence-electron chi connectivity index (χ2n) is 9.18. The maximum absolute atomic E-state index is 13.8. The van der Waals surface area contributed by atoms with Crippen molar-refractivity contribution in [3.63, 3.8) is 0 Å². The smallest absolute Gasteiger partial charge is 0.226 e. The molecule has 5 heteroatoms. The summed E-state index contributed by atoms with van der Waals surface area (Å²) >= 11 is 0. The van der Waals surface area contributed by atoms with E-state index in [0.717, 1.165) is 46.2 Å². The summed E-state index contributed by atoms with van der Waals surface area (Å²) in [4.78, 5) is 44.5. The molecule has 2 N–H and O–H groups in total. The molecule has 0 fully saturated rings. The Morgan fingerprint density at radius 1 is 0.588 bits per heavy atom. The van der Waals surface area contributed by atoms with Crippen molar-refractivity contribution in [3.8, 4) is 22.3 Å². The molecule has 0 saturated heterocycles. The molecule has 2 aromatic carbocycles. The van der Waals surface area contributed by atoms with Crippen LogP contribution in [0.25, 0.3) is 22.3 Å². The van der Waals surface area contributed by atoms with Crippen molar-refractivity contribution < 1.29 is 14.4 Å². The van der Waals surface area contributed by atoms with E-state index in [4.69, 9.17) is 0 Å². The molecule has 0 aliphatic heterocycles. The predicted molar refractivity (Wildman–Crippen MR) is 130 cm³/mol. The van der Waals surface area contributed by atoms with Crippen LogP contribution < -0.4 is 0 Å². The van der Waals surface area contributed by atoms with Crippen molar-refractivity contribution in [3.05, 3.63) is 94.6 Å². The first-order chi connectivity index (χ1) is 16.6. The van der Waals surface area contributed by atoms with Gasteiger partial charge in [-0.3, -0.25) is 14.4 Å². The van der Waals surface area contributed by atoms with Crippen LogP contribution in [0.2, 0.25) is 0 Å². The summed E-state index contributed by atoms with van der Waals surface area (Å²) in [7, 11) is 0. The van der Waals surface area contributed by atoms with E-state index in [2.05, 4.69) is 22.1 Å². The lowest BCUT2D eigenvalue weighted by atomic mass is 9.84. The summed E-state index contributed by atoms with van der Waals surface area (Å²) in [5.41, 5.74) is 8.88. The van der Waals surface area contributed by atoms with Gasteiger partial charge in [-0.1, -0.05) is 36.4 Å². The molecule has 0 saturated carbocycles. The van der Waals surface area contributed by atoms with Gasteiger partial charge in [0, 0.05) is 49.2 Å². The van der Waals surface area contributed by atoms with Gasteiger partial charge < -0.3 is 9.97 Å². The van der Waals surface area contributed by atoms with Crippen LogP contribution in [0.4, 0.5) is 0 Å². The first-order valence-corrected chi connectivity index (χ1v) is 11.8. The predicted octanol–water partition coefficient (Wildman–Crippen LogP) is 5.02. The SMILES string of the molecule is O=C1CCc2cccc(-c3cc[nH]c3C(=O)c3[nH]ccc3-c3cccc4c3CC(=O)CC4)c2C1. The van der Waals surface area contributed by atoms with Crippen LogP contribution in [-0.2, 0) is 35.3 Å². The molecular weight excluding hydrogens is 424 g/mol. The number of rotatable bonds is 4. The summed E-state index contributed by atoms with van der Waals surface area (Å²) in [6.07, 6.45) is 7.00. The molecular formula is C29H24N2O3. The van der Waals surface area contributed by atoms with Crippen LogP contribution in [0.15, 0.2) is 60.9 Å². The summed E-state index contributed by atoms with van der Waals surface area (Å²) in [6.45, 7) is 0. The van der Waals surface area contributed by atoms with Gasteiger partial charge in [0.05, 0.1) is 11.4 Å². The molecule has 0 amide bonds. The van der Waals surface area contributed by atoms with Gasteiger partial charge in [0.15, 0.2) is 0 Å². The van der Waals surface area contributed by atoms with Gasteiger partial charge in [0.1, 0.15) is 11.6 Å². The number of benzene rings is 2. The van der Waals surface area contributed by atoms with Gasteiger partial charge in [-0.2, -0.15) is 0 Å². The van der Waals surface area contributed by atoms with E-state index in [0.29, 0.717) is 37.1 Å². The number of hydrogen-bond acceptors (Lipinski definition) is 3. The second-order valence-corrected chi connectivity index (χ2v) is 9.18. The summed E-state index contributed by atoms with van der Waals surface area (Å²) in [5, 5.41) is 0. The van der Waals surface area contributed by atoms with Crippen LogP contribution in [0.1, 0.15) is 51.3 Å². The zero-order valence-electron chi connectivity index (χ0n) is 18.7. The number of ketones is 3. The van der Waals surface area contributed by atoms with Gasteiger partial charge in [-0.15, -0.1) is 0 Å². The van der Waals surface area contributed by atoms with Gasteiger partial charge >= 0.3 is 0 Å². The van der Waals surface area contributed by atoms with Crippen molar-refractivity contribution in [2.24, 2.45) is 0 Å². The first-order valence-electron chi connectivity index (χ1n) is 11.8. The minimum Gasteiger partial charge on any atom is -0.358 e. The van der Waals surface area contributed by atoms with Crippen molar-refractivity contribution in [1.82, 2.24) is 9.97 Å². The molecule has 5 nitrogen and oxygen atoms in total. The van der Waals surface area contributed by atoms with E-state index < -0.39 is 0 Å². The number of Topliss-reactive ketones (excluding diaryl/α,β-unsaturated/α-hetero) is 2. The molecule has 0 atom stereocenters. The van der Waals surface area contributed by atoms with Crippen LogP contribution in [0, 0.1) is 0 Å². The number of fused-ring (bicyclic) bond motifs is 2. The lowest BCUT2D eigenvalue weighted by molar-refractivity contribution is -0.119. The second kappa shape index (κ2) is 8.10. The topological polar surface area (TPSA) is 82.8 Å². The van der Waals surface area contributed by atoms with E-state index in [-0.39, 0.29) is 17.3 Å². The molecule has 34 heavy (non-hydrogen) atoms. The first kappa shape index (κ1) is 20.6. The lowest BCUT2D eigenvalue weighted by Crippen LogP contribution is -2.15. The van der Waals surface area contributed by atoms with Crippen molar-refractivity contribution in [1.29, 1.82) is 0 Å². The highest BCUT2D eigenvalue weighted by atomic mass is 16.1. The van der Waals surface area contributed by atoms with Crippen molar-refractivity contribution in [2.75, 3.05) is 0 Å². The monoisotopic (exact) mass is 448 g/mol. The molecule has 0 radical (unpaired) electrons. The summed E-state index contributed by atoms with van der Waals surface area (Å²) < 4.78 is 0. The fourth-order valence-electron chi connectivity index (χ4n) is 5.47. The minimum absolute atomic E-state index is 0.139. The average Bonchev–Trinajstić information content (AvgIpc) is 3.53. The maximum atomic E-state index is 13.8. The third-order valence-corrected chi connectivity index (χ3v) is 7.17. The molecule has 6 rings (SSSR count). The van der Waals surface area contributed by atoms with Gasteiger partial charge in [-0.05, 0) is 58.4 Å². The fraction of sp³-hybridized carbons (Fsp3) is 0.207. The highest BCUT2D eigenvalue weighted by Crippen LogP contribution is 2.36. The molecule has 0 unspecified atom stereocenters. The Kier molecular flexibility index (Phi) is 4.91. The van der Waals surface area contributed by atoms with Gasteiger partial charge in [-0.25, -0.2) is 0 Å². The Balaban J connectivity index is 1.43. The fourth-order valence-corrected chi connectivity index (χ4v) is 5.47. The van der Waals surface area contributed by atoms with Crippen LogP contribution in [0.5, 0.6) is 0 Å². The van der Waals surface area contributed by atoms with Gasteiger partial charge in [0.2, 0.25) is 5.78 Å². The number of carbonyl (C=O) groups is 3. The van der Waals surface area contributed by atoms with E-state index >= 15 is 0 Å². The Hall–Kier alpha value is -3.99. The number of aromatic amines is 2. The minimum atomic E-state index is -0.139. The molecule has 0 spiro atoms. The molecule has 4 aromatic rings. The zero-order chi connectivity index (χ0) is 23.2. The maximum Gasteiger partial charge on any atom is 0.226 e. The van der Waals surface area contributed by atoms with Gasteiger partial charge in [0.25, 0.3) is 0 Å². The quantitative estimate of drug-likeness (QED) is 0.430. The Morgan fingerprint density at radius 2 is 1.06 bits per heavy atom. The number of hydrogen-bond donors (Lipinski definition) is 2. The zero-order valence-corrected chi connectivity index (χ0v) is 18.7. The molecule has 168 valence electrons.